The lowest BCUT2D eigenvalue weighted by Crippen LogP contribution is -2.24. The van der Waals surface area contributed by atoms with Crippen LogP contribution in [0.4, 0.5) is 11.4 Å². The summed E-state index contributed by atoms with van der Waals surface area (Å²) in [5.41, 5.74) is 1.33. The number of carbonyl (C=O) groups excluding carboxylic acids is 2. The average Bonchev–Trinajstić information content (AvgIpc) is 2.61. The summed E-state index contributed by atoms with van der Waals surface area (Å²) in [5, 5.41) is 5.30. The van der Waals surface area contributed by atoms with Gasteiger partial charge in [0.2, 0.25) is 15.9 Å². The highest BCUT2D eigenvalue weighted by atomic mass is 32.2. The molecule has 0 aliphatic carbocycles. The van der Waals surface area contributed by atoms with Crippen molar-refractivity contribution in [3.63, 3.8) is 0 Å². The van der Waals surface area contributed by atoms with Crippen LogP contribution in [-0.4, -0.2) is 26.8 Å². The Morgan fingerprint density at radius 3 is 2.23 bits per heavy atom. The molecule has 2 rings (SSSR count). The van der Waals surface area contributed by atoms with E-state index in [1.165, 1.54) is 37.3 Å². The molecule has 0 unspecified atom stereocenters. The summed E-state index contributed by atoms with van der Waals surface area (Å²) in [4.78, 5) is 23.4. The van der Waals surface area contributed by atoms with Gasteiger partial charge in [0, 0.05) is 30.4 Å². The summed E-state index contributed by atoms with van der Waals surface area (Å²) in [5.74, 6) is -0.636. The van der Waals surface area contributed by atoms with E-state index in [2.05, 4.69) is 21.9 Å². The topological polar surface area (TPSA) is 104 Å². The zero-order valence-corrected chi connectivity index (χ0v) is 15.0. The monoisotopic (exact) mass is 373 g/mol. The number of sulfonamides is 1. The molecular weight excluding hydrogens is 354 g/mol. The molecule has 0 heterocycles. The third-order valence-electron chi connectivity index (χ3n) is 3.29. The van der Waals surface area contributed by atoms with E-state index in [-0.39, 0.29) is 22.9 Å². The van der Waals surface area contributed by atoms with Gasteiger partial charge in [-0.25, -0.2) is 13.1 Å². The van der Waals surface area contributed by atoms with E-state index in [4.69, 9.17) is 0 Å². The molecule has 136 valence electrons. The minimum absolute atomic E-state index is 0.00648. The quantitative estimate of drug-likeness (QED) is 0.648. The van der Waals surface area contributed by atoms with Crippen molar-refractivity contribution in [1.29, 1.82) is 0 Å². The number of anilines is 2. The van der Waals surface area contributed by atoms with Crippen LogP contribution in [0.1, 0.15) is 17.3 Å². The zero-order chi connectivity index (χ0) is 19.2. The highest BCUT2D eigenvalue weighted by Crippen LogP contribution is 2.16. The number of benzene rings is 2. The fourth-order valence-electron chi connectivity index (χ4n) is 2.10. The first kappa shape index (κ1) is 19.4. The minimum Gasteiger partial charge on any atom is -0.326 e. The first-order chi connectivity index (χ1) is 12.3. The molecule has 2 aromatic rings. The molecular formula is C18H19N3O4S. The summed E-state index contributed by atoms with van der Waals surface area (Å²) in [6.45, 7) is 4.96. The van der Waals surface area contributed by atoms with Gasteiger partial charge >= 0.3 is 0 Å². The van der Waals surface area contributed by atoms with E-state index < -0.39 is 15.9 Å². The summed E-state index contributed by atoms with van der Waals surface area (Å²) in [6.07, 6.45) is 1.43. The minimum atomic E-state index is -3.71. The number of nitrogens with one attached hydrogen (secondary N) is 3. The second-order valence-electron chi connectivity index (χ2n) is 5.38. The van der Waals surface area contributed by atoms with Crippen LogP contribution in [0.3, 0.4) is 0 Å². The first-order valence-corrected chi connectivity index (χ1v) is 9.20. The van der Waals surface area contributed by atoms with E-state index in [1.807, 2.05) is 0 Å². The number of rotatable bonds is 7. The maximum absolute atomic E-state index is 12.4. The average molecular weight is 373 g/mol. The molecule has 0 fully saturated rings. The Balaban J connectivity index is 2.13. The molecule has 0 spiro atoms. The summed E-state index contributed by atoms with van der Waals surface area (Å²) >= 11 is 0. The van der Waals surface area contributed by atoms with Crippen molar-refractivity contribution in [1.82, 2.24) is 4.72 Å². The fraction of sp³-hybridized carbons (Fsp3) is 0.111. The van der Waals surface area contributed by atoms with Crippen molar-refractivity contribution in [3.8, 4) is 0 Å². The lowest BCUT2D eigenvalue weighted by atomic mass is 10.2. The van der Waals surface area contributed by atoms with Gasteiger partial charge in [-0.3, -0.25) is 9.59 Å². The van der Waals surface area contributed by atoms with E-state index in [1.54, 1.807) is 24.3 Å². The third kappa shape index (κ3) is 5.27. The van der Waals surface area contributed by atoms with Gasteiger partial charge in [-0.05, 0) is 42.5 Å². The smallest absolute Gasteiger partial charge is 0.255 e. The lowest BCUT2D eigenvalue weighted by Gasteiger charge is -2.09. The van der Waals surface area contributed by atoms with Crippen LogP contribution >= 0.6 is 0 Å². The number of hydrogen-bond acceptors (Lipinski definition) is 4. The molecule has 0 atom stereocenters. The van der Waals surface area contributed by atoms with Crippen molar-refractivity contribution >= 4 is 33.2 Å². The molecule has 2 aromatic carbocycles. The Morgan fingerprint density at radius 2 is 1.65 bits per heavy atom. The highest BCUT2D eigenvalue weighted by Gasteiger charge is 2.15. The van der Waals surface area contributed by atoms with Crippen LogP contribution in [0.5, 0.6) is 0 Å². The van der Waals surface area contributed by atoms with Gasteiger partial charge in [-0.1, -0.05) is 12.1 Å². The number of amides is 2. The molecule has 8 heteroatoms. The molecule has 0 radical (unpaired) electrons. The van der Waals surface area contributed by atoms with Gasteiger partial charge in [0.15, 0.2) is 0 Å². The SMILES string of the molecule is C=CCNS(=O)(=O)c1cccc(C(=O)Nc2ccc(NC(C)=O)cc2)c1. The summed E-state index contributed by atoms with van der Waals surface area (Å²) in [7, 11) is -3.71. The summed E-state index contributed by atoms with van der Waals surface area (Å²) < 4.78 is 26.6. The second kappa shape index (κ2) is 8.41. The molecule has 0 aromatic heterocycles. The van der Waals surface area contributed by atoms with E-state index in [0.29, 0.717) is 11.4 Å². The highest BCUT2D eigenvalue weighted by molar-refractivity contribution is 7.89. The van der Waals surface area contributed by atoms with Crippen molar-refractivity contribution in [2.24, 2.45) is 0 Å². The molecule has 0 saturated carbocycles. The molecule has 0 aliphatic rings. The Kier molecular flexibility index (Phi) is 6.26. The predicted octanol–water partition coefficient (Wildman–Crippen LogP) is 2.36. The lowest BCUT2D eigenvalue weighted by molar-refractivity contribution is -0.114. The van der Waals surface area contributed by atoms with Gasteiger partial charge in [0.05, 0.1) is 4.90 Å². The van der Waals surface area contributed by atoms with Gasteiger partial charge in [-0.15, -0.1) is 6.58 Å². The predicted molar refractivity (Wildman–Crippen MR) is 101 cm³/mol. The van der Waals surface area contributed by atoms with Crippen LogP contribution in [-0.2, 0) is 14.8 Å². The maximum atomic E-state index is 12.4. The largest absolute Gasteiger partial charge is 0.326 e. The van der Waals surface area contributed by atoms with Crippen LogP contribution in [0.15, 0.2) is 66.1 Å². The summed E-state index contributed by atoms with van der Waals surface area (Å²) in [6, 6.07) is 12.3. The van der Waals surface area contributed by atoms with Gasteiger partial charge in [0.1, 0.15) is 0 Å². The van der Waals surface area contributed by atoms with E-state index >= 15 is 0 Å². The molecule has 3 N–H and O–H groups in total. The van der Waals surface area contributed by atoms with Crippen molar-refractivity contribution in [3.05, 3.63) is 66.7 Å². The molecule has 7 nitrogen and oxygen atoms in total. The Labute approximate surface area is 152 Å². The molecule has 26 heavy (non-hydrogen) atoms. The molecule has 0 bridgehead atoms. The van der Waals surface area contributed by atoms with Gasteiger partial charge < -0.3 is 10.6 Å². The Morgan fingerprint density at radius 1 is 1.04 bits per heavy atom. The Bertz CT molecular complexity index is 922. The van der Waals surface area contributed by atoms with E-state index in [9.17, 15) is 18.0 Å². The van der Waals surface area contributed by atoms with Gasteiger partial charge in [-0.2, -0.15) is 0 Å². The van der Waals surface area contributed by atoms with Crippen LogP contribution in [0.2, 0.25) is 0 Å². The van der Waals surface area contributed by atoms with Crippen LogP contribution in [0.25, 0.3) is 0 Å². The fourth-order valence-corrected chi connectivity index (χ4v) is 3.14. The van der Waals surface area contributed by atoms with E-state index in [0.717, 1.165) is 0 Å². The third-order valence-corrected chi connectivity index (χ3v) is 4.71. The molecule has 0 aliphatic heterocycles. The normalized spacial score (nSPS) is 10.8. The molecule has 2 amide bonds. The van der Waals surface area contributed by atoms with Crippen molar-refractivity contribution in [2.75, 3.05) is 17.2 Å². The van der Waals surface area contributed by atoms with Crippen molar-refractivity contribution < 1.29 is 18.0 Å². The zero-order valence-electron chi connectivity index (χ0n) is 14.2. The standard InChI is InChI=1S/C18H19N3O4S/c1-3-11-19-26(24,25)17-6-4-5-14(12-17)18(23)21-16-9-7-15(8-10-16)20-13(2)22/h3-10,12,19H,1,11H2,2H3,(H,20,22)(H,21,23). The van der Waals surface area contributed by atoms with Crippen LogP contribution in [0, 0.1) is 0 Å². The number of carbonyl (C=O) groups is 2. The van der Waals surface area contributed by atoms with Crippen molar-refractivity contribution in [2.45, 2.75) is 11.8 Å². The second-order valence-corrected chi connectivity index (χ2v) is 7.15. The Hall–Kier alpha value is -2.97. The first-order valence-electron chi connectivity index (χ1n) is 7.71. The molecule has 0 saturated heterocycles. The van der Waals surface area contributed by atoms with Crippen LogP contribution < -0.4 is 15.4 Å². The number of hydrogen-bond donors (Lipinski definition) is 3. The maximum Gasteiger partial charge on any atom is 0.255 e. The van der Waals surface area contributed by atoms with Gasteiger partial charge in [0.25, 0.3) is 5.91 Å².